The van der Waals surface area contributed by atoms with Gasteiger partial charge >= 0.3 is 7.82 Å². The molecule has 9 nitrogen and oxygen atoms in total. The molecule has 0 aliphatic heterocycles. The Balaban J connectivity index is 3.55. The third-order valence-corrected chi connectivity index (χ3v) is 2.86. The maximum Gasteiger partial charge on any atom is 0.472 e. The molecule has 0 aromatic carbocycles. The van der Waals surface area contributed by atoms with Gasteiger partial charge in [-0.25, -0.2) is 9.45 Å². The van der Waals surface area contributed by atoms with Crippen molar-refractivity contribution in [2.45, 2.75) is 47.1 Å². The fourth-order valence-electron chi connectivity index (χ4n) is 0.895. The maximum absolute atomic E-state index is 11.4. The smallest absolute Gasteiger partial charge is 0.314 e. The van der Waals surface area contributed by atoms with Gasteiger partial charge < -0.3 is 9.78 Å². The number of phosphoric acid groups is 1. The van der Waals surface area contributed by atoms with Gasteiger partial charge in [0.15, 0.2) is 0 Å². The quantitative estimate of drug-likeness (QED) is 0.210. The van der Waals surface area contributed by atoms with E-state index in [1.165, 1.54) is 6.26 Å². The third kappa shape index (κ3) is 15.9. The van der Waals surface area contributed by atoms with Gasteiger partial charge in [0.05, 0.1) is 12.2 Å². The second-order valence-corrected chi connectivity index (χ2v) is 7.67. The zero-order valence-corrected chi connectivity index (χ0v) is 14.6. The lowest BCUT2D eigenvalue weighted by Crippen LogP contribution is -2.18. The first kappa shape index (κ1) is 21.5. The summed E-state index contributed by atoms with van der Waals surface area (Å²) in [5.74, 6) is 0. The number of hydrogen-bond donors (Lipinski definition) is 1. The van der Waals surface area contributed by atoms with Gasteiger partial charge in [0.2, 0.25) is 0 Å². The Kier molecular flexibility index (Phi) is 9.37. The molecule has 0 rings (SSSR count). The molecule has 22 heavy (non-hydrogen) atoms. The average Bonchev–Trinajstić information content (AvgIpc) is 2.26. The van der Waals surface area contributed by atoms with Crippen LogP contribution in [-0.4, -0.2) is 23.7 Å². The van der Waals surface area contributed by atoms with E-state index in [2.05, 4.69) is 29.4 Å². The Morgan fingerprint density at radius 3 is 2.18 bits per heavy atom. The van der Waals surface area contributed by atoms with E-state index in [0.717, 1.165) is 0 Å². The van der Waals surface area contributed by atoms with Crippen LogP contribution in [0.1, 0.15) is 41.5 Å². The lowest BCUT2D eigenvalue weighted by Gasteiger charge is -2.22. The van der Waals surface area contributed by atoms with Gasteiger partial charge in [-0.05, 0) is 37.3 Å². The fraction of sp³-hybridized carbons (Fsp3) is 0.833. The second kappa shape index (κ2) is 9.59. The lowest BCUT2D eigenvalue weighted by molar-refractivity contribution is -0.700. The van der Waals surface area contributed by atoms with Crippen molar-refractivity contribution < 1.29 is 43.4 Å². The van der Waals surface area contributed by atoms with Crippen molar-refractivity contribution in [3.8, 4) is 0 Å². The number of rotatable bonds is 10. The van der Waals surface area contributed by atoms with Crippen molar-refractivity contribution in [1.82, 2.24) is 0 Å². The van der Waals surface area contributed by atoms with Crippen LogP contribution >= 0.6 is 7.82 Å². The molecule has 132 valence electrons. The second-order valence-electron chi connectivity index (χ2n) is 6.30. The van der Waals surface area contributed by atoms with Crippen molar-refractivity contribution in [3.05, 3.63) is 12.3 Å². The van der Waals surface area contributed by atoms with Crippen molar-refractivity contribution in [1.29, 1.82) is 0 Å². The first-order valence-corrected chi connectivity index (χ1v) is 8.05. The molecule has 0 spiro atoms. The largest absolute Gasteiger partial charge is 0.472 e. The van der Waals surface area contributed by atoms with E-state index in [4.69, 9.17) is 4.52 Å². The third-order valence-electron chi connectivity index (χ3n) is 1.58. The Bertz CT molecular complexity index is 370. The summed E-state index contributed by atoms with van der Waals surface area (Å²) in [6.07, 6.45) is 3.01. The molecule has 0 saturated carbocycles. The zero-order chi connectivity index (χ0) is 17.3. The van der Waals surface area contributed by atoms with Gasteiger partial charge in [-0.15, -0.1) is 0 Å². The lowest BCUT2D eigenvalue weighted by atomic mass is 9.97. The molecule has 0 aliphatic carbocycles. The topological polar surface area (TPSA) is 102 Å². The van der Waals surface area contributed by atoms with Crippen molar-refractivity contribution in [3.63, 3.8) is 0 Å². The van der Waals surface area contributed by atoms with E-state index < -0.39 is 13.4 Å². The maximum atomic E-state index is 11.4. The first-order valence-electron chi connectivity index (χ1n) is 6.55. The molecule has 0 aromatic rings. The van der Waals surface area contributed by atoms with Crippen molar-refractivity contribution in [2.24, 2.45) is 5.41 Å². The summed E-state index contributed by atoms with van der Waals surface area (Å²) < 4.78 is 20.9. The van der Waals surface area contributed by atoms with E-state index in [0.29, 0.717) is 0 Å². The van der Waals surface area contributed by atoms with Crippen LogP contribution < -0.4 is 0 Å². The van der Waals surface area contributed by atoms with Crippen LogP contribution in [0.3, 0.4) is 0 Å². The van der Waals surface area contributed by atoms with E-state index >= 15 is 0 Å². The van der Waals surface area contributed by atoms with Gasteiger partial charge in [-0.3, -0.25) is 9.05 Å². The zero-order valence-electron chi connectivity index (χ0n) is 13.7. The summed E-state index contributed by atoms with van der Waals surface area (Å²) >= 11 is 0. The highest BCUT2D eigenvalue weighted by Gasteiger charge is 2.28. The summed E-state index contributed by atoms with van der Waals surface area (Å²) in [6, 6.07) is 0. The molecule has 0 saturated heterocycles. The minimum absolute atomic E-state index is 0.0641. The molecular weight excluding hydrogens is 319 g/mol. The van der Waals surface area contributed by atoms with Crippen LogP contribution in [-0.2, 0) is 38.5 Å². The molecule has 0 aliphatic rings. The Hall–Kier alpha value is -0.510. The predicted octanol–water partition coefficient (Wildman–Crippen LogP) is 3.22. The summed E-state index contributed by atoms with van der Waals surface area (Å²) in [7, 11) is -4.14. The van der Waals surface area contributed by atoms with E-state index in [9.17, 15) is 9.46 Å². The molecule has 0 aromatic heterocycles. The number of allylic oxidation sites excluding steroid dienone is 1. The fourth-order valence-corrected chi connectivity index (χ4v) is 1.94. The first-order chi connectivity index (χ1) is 9.91. The molecule has 0 radical (unpaired) electrons. The minimum atomic E-state index is -4.14. The minimum Gasteiger partial charge on any atom is -0.314 e. The Morgan fingerprint density at radius 1 is 1.00 bits per heavy atom. The molecule has 1 N–H and O–H groups in total. The van der Waals surface area contributed by atoms with Crippen molar-refractivity contribution in [2.75, 3.05) is 13.2 Å². The van der Waals surface area contributed by atoms with Crippen LogP contribution in [0.2, 0.25) is 0 Å². The standard InChI is InChI=1S/C12H25O9P/c1-11(2,3)7-8-15-19-21-20-16-9-10-17-22(13,14)18-12(4,5)6/h7-8H,9-10H2,1-6H3,(H,13,14)/b8-7+. The molecule has 0 bridgehead atoms. The highest BCUT2D eigenvalue weighted by molar-refractivity contribution is 7.47. The van der Waals surface area contributed by atoms with Crippen LogP contribution in [0.4, 0.5) is 0 Å². The van der Waals surface area contributed by atoms with Crippen LogP contribution in [0.25, 0.3) is 0 Å². The summed E-state index contributed by atoms with van der Waals surface area (Å²) in [5, 5.41) is 12.3. The van der Waals surface area contributed by atoms with Crippen LogP contribution in [0, 0.1) is 5.41 Å². The van der Waals surface area contributed by atoms with Crippen LogP contribution in [0.5, 0.6) is 0 Å². The van der Waals surface area contributed by atoms with Gasteiger partial charge in [-0.1, -0.05) is 20.8 Å². The summed E-state index contributed by atoms with van der Waals surface area (Å²) in [5.41, 5.74) is -0.873. The summed E-state index contributed by atoms with van der Waals surface area (Å²) in [4.78, 5) is 18.3. The monoisotopic (exact) mass is 344 g/mol. The van der Waals surface area contributed by atoms with Gasteiger partial charge in [-0.2, -0.15) is 0 Å². The summed E-state index contributed by atoms with van der Waals surface area (Å²) in [6.45, 7) is 10.3. The van der Waals surface area contributed by atoms with E-state index in [-0.39, 0.29) is 18.6 Å². The molecule has 0 amide bonds. The van der Waals surface area contributed by atoms with Crippen LogP contribution in [0.15, 0.2) is 12.3 Å². The number of phosphoric ester groups is 1. The van der Waals surface area contributed by atoms with Gasteiger partial charge in [0, 0.05) is 10.1 Å². The van der Waals surface area contributed by atoms with Crippen molar-refractivity contribution >= 4 is 7.82 Å². The van der Waals surface area contributed by atoms with E-state index in [1.54, 1.807) is 26.8 Å². The number of hydrogen-bond acceptors (Lipinski definition) is 8. The normalized spacial score (nSPS) is 16.0. The SMILES string of the molecule is CC(C)(C)/C=C/OOOOOCCOP(=O)(O)OC(C)(C)C. The molecular formula is C12H25O9P. The predicted molar refractivity (Wildman–Crippen MR) is 75.5 cm³/mol. The molecule has 1 unspecified atom stereocenters. The molecule has 10 heteroatoms. The van der Waals surface area contributed by atoms with E-state index in [1.807, 2.05) is 20.8 Å². The Labute approximate surface area is 130 Å². The highest BCUT2D eigenvalue weighted by atomic mass is 31.2. The highest BCUT2D eigenvalue weighted by Crippen LogP contribution is 2.46. The average molecular weight is 344 g/mol. The van der Waals surface area contributed by atoms with Gasteiger partial charge in [0.25, 0.3) is 0 Å². The molecule has 0 heterocycles. The van der Waals surface area contributed by atoms with Gasteiger partial charge in [0.1, 0.15) is 12.9 Å². The molecule has 1 atom stereocenters. The molecule has 0 fully saturated rings. The Morgan fingerprint density at radius 2 is 1.64 bits per heavy atom.